The molecule has 0 aliphatic carbocycles. The topological polar surface area (TPSA) is 44.8 Å². The van der Waals surface area contributed by atoms with E-state index in [1.807, 2.05) is 19.9 Å². The van der Waals surface area contributed by atoms with E-state index in [1.165, 1.54) is 0 Å². The van der Waals surface area contributed by atoms with Crippen LogP contribution in [0.3, 0.4) is 0 Å². The number of esters is 1. The van der Waals surface area contributed by atoms with E-state index in [-0.39, 0.29) is 12.6 Å². The molecule has 0 atom stereocenters. The third kappa shape index (κ3) is 3.05. The van der Waals surface area contributed by atoms with Gasteiger partial charge in [-0.3, -0.25) is 0 Å². The second-order valence-corrected chi connectivity index (χ2v) is 6.87. The number of rotatable bonds is 3. The van der Waals surface area contributed by atoms with Crippen LogP contribution in [-0.4, -0.2) is 19.2 Å². The van der Waals surface area contributed by atoms with Crippen LogP contribution in [0.1, 0.15) is 25.7 Å². The summed E-state index contributed by atoms with van der Waals surface area (Å²) in [4.78, 5) is 14.2. The van der Waals surface area contributed by atoms with E-state index in [4.69, 9.17) is 25.8 Å². The van der Waals surface area contributed by atoms with Crippen LogP contribution in [0.4, 0.5) is 0 Å². The molecule has 0 fully saturated rings. The van der Waals surface area contributed by atoms with Gasteiger partial charge in [-0.15, -0.1) is 11.3 Å². The lowest BCUT2D eigenvalue weighted by Gasteiger charge is -2.20. The molecule has 1 aliphatic heterocycles. The number of halogens is 1. The molecule has 2 aromatic rings. The quantitative estimate of drug-likeness (QED) is 0.789. The summed E-state index contributed by atoms with van der Waals surface area (Å²) in [6, 6.07) is 5.37. The van der Waals surface area contributed by atoms with Crippen molar-refractivity contribution in [3.05, 3.63) is 44.1 Å². The lowest BCUT2D eigenvalue weighted by atomic mass is 10.2. The van der Waals surface area contributed by atoms with Crippen molar-refractivity contribution in [1.29, 1.82) is 0 Å². The Hall–Kier alpha value is -1.72. The Morgan fingerprint density at radius 3 is 2.77 bits per heavy atom. The van der Waals surface area contributed by atoms with Crippen LogP contribution in [0.5, 0.6) is 11.5 Å². The average molecular weight is 339 g/mol. The average Bonchev–Trinajstić information content (AvgIpc) is 2.84. The highest BCUT2D eigenvalue weighted by Crippen LogP contribution is 2.38. The van der Waals surface area contributed by atoms with E-state index in [2.05, 4.69) is 0 Å². The van der Waals surface area contributed by atoms with Gasteiger partial charge in [0, 0.05) is 9.75 Å². The number of hydrogen-bond donors (Lipinski definition) is 0. The van der Waals surface area contributed by atoms with Crippen LogP contribution in [-0.2, 0) is 11.3 Å². The standard InChI is InChI=1S/C16H15ClO4S/c1-9-5-12(10(2)22-9)16(18)21-8-11-6-13(17)15-14(7-11)19-3-4-20-15/h5-7H,3-4,8H2,1-2H3. The van der Waals surface area contributed by atoms with E-state index in [9.17, 15) is 4.79 Å². The molecule has 0 amide bonds. The zero-order valence-corrected chi connectivity index (χ0v) is 13.8. The zero-order valence-electron chi connectivity index (χ0n) is 12.3. The Morgan fingerprint density at radius 2 is 2.05 bits per heavy atom. The van der Waals surface area contributed by atoms with Crippen molar-refractivity contribution in [2.24, 2.45) is 0 Å². The molecule has 4 nitrogen and oxygen atoms in total. The highest BCUT2D eigenvalue weighted by Gasteiger charge is 2.18. The zero-order chi connectivity index (χ0) is 15.7. The van der Waals surface area contributed by atoms with Gasteiger partial charge in [-0.2, -0.15) is 0 Å². The molecule has 0 radical (unpaired) electrons. The molecule has 0 N–H and O–H groups in total. The number of carbonyl (C=O) groups excluding carboxylic acids is 1. The lowest BCUT2D eigenvalue weighted by molar-refractivity contribution is 0.0472. The van der Waals surface area contributed by atoms with Gasteiger partial charge in [0.15, 0.2) is 11.5 Å². The van der Waals surface area contributed by atoms with Crippen molar-refractivity contribution in [1.82, 2.24) is 0 Å². The molecule has 0 spiro atoms. The molecule has 0 saturated heterocycles. The first-order valence-corrected chi connectivity index (χ1v) is 8.06. The minimum Gasteiger partial charge on any atom is -0.486 e. The molecule has 1 aromatic heterocycles. The van der Waals surface area contributed by atoms with Crippen LogP contribution in [0, 0.1) is 13.8 Å². The Bertz CT molecular complexity index is 723. The molecule has 22 heavy (non-hydrogen) atoms. The number of aryl methyl sites for hydroxylation is 2. The Balaban J connectivity index is 1.73. The van der Waals surface area contributed by atoms with Crippen LogP contribution < -0.4 is 9.47 Å². The van der Waals surface area contributed by atoms with Crippen molar-refractivity contribution < 1.29 is 19.0 Å². The number of ether oxygens (including phenoxy) is 3. The molecule has 116 valence electrons. The Labute approximate surface area is 137 Å². The summed E-state index contributed by atoms with van der Waals surface area (Å²) >= 11 is 7.75. The fourth-order valence-electron chi connectivity index (χ4n) is 2.31. The predicted molar refractivity (Wildman–Crippen MR) is 85.4 cm³/mol. The van der Waals surface area contributed by atoms with Gasteiger partial charge in [0.05, 0.1) is 10.6 Å². The monoisotopic (exact) mass is 338 g/mol. The second kappa shape index (κ2) is 6.18. The maximum Gasteiger partial charge on any atom is 0.339 e. The SMILES string of the molecule is Cc1cc(C(=O)OCc2cc(Cl)c3c(c2)OCCO3)c(C)s1. The first-order chi connectivity index (χ1) is 10.5. The summed E-state index contributed by atoms with van der Waals surface area (Å²) < 4.78 is 16.3. The van der Waals surface area contributed by atoms with Crippen LogP contribution >= 0.6 is 22.9 Å². The van der Waals surface area contributed by atoms with Gasteiger partial charge in [-0.05, 0) is 37.6 Å². The summed E-state index contributed by atoms with van der Waals surface area (Å²) in [5.41, 5.74) is 1.39. The number of carbonyl (C=O) groups is 1. The molecule has 0 unspecified atom stereocenters. The molecule has 6 heteroatoms. The summed E-state index contributed by atoms with van der Waals surface area (Å²) in [7, 11) is 0. The van der Waals surface area contributed by atoms with Gasteiger partial charge in [0.2, 0.25) is 0 Å². The molecule has 3 rings (SSSR count). The van der Waals surface area contributed by atoms with Crippen molar-refractivity contribution in [2.75, 3.05) is 13.2 Å². The summed E-state index contributed by atoms with van der Waals surface area (Å²) in [6.07, 6.45) is 0. The fraction of sp³-hybridized carbons (Fsp3) is 0.312. The molecule has 1 aromatic carbocycles. The maximum atomic E-state index is 12.1. The van der Waals surface area contributed by atoms with Gasteiger partial charge >= 0.3 is 5.97 Å². The first-order valence-electron chi connectivity index (χ1n) is 6.87. The Morgan fingerprint density at radius 1 is 1.27 bits per heavy atom. The van der Waals surface area contributed by atoms with E-state index >= 15 is 0 Å². The van der Waals surface area contributed by atoms with Crippen molar-refractivity contribution >= 4 is 28.9 Å². The number of thiophene rings is 1. The summed E-state index contributed by atoms with van der Waals surface area (Å²) in [5.74, 6) is 0.813. The third-order valence-corrected chi connectivity index (χ3v) is 4.53. The predicted octanol–water partition coefficient (Wildman–Crippen LogP) is 4.15. The minimum absolute atomic E-state index is 0.142. The molecule has 0 saturated carbocycles. The van der Waals surface area contributed by atoms with Gasteiger partial charge < -0.3 is 14.2 Å². The van der Waals surface area contributed by atoms with Crippen LogP contribution in [0.25, 0.3) is 0 Å². The van der Waals surface area contributed by atoms with Gasteiger partial charge in [-0.1, -0.05) is 11.6 Å². The lowest BCUT2D eigenvalue weighted by Crippen LogP contribution is -2.16. The smallest absolute Gasteiger partial charge is 0.339 e. The number of fused-ring (bicyclic) bond motifs is 1. The van der Waals surface area contributed by atoms with Gasteiger partial charge in [0.1, 0.15) is 19.8 Å². The largest absolute Gasteiger partial charge is 0.486 e. The molecular formula is C16H15ClO4S. The normalized spacial score (nSPS) is 13.0. The number of hydrogen-bond acceptors (Lipinski definition) is 5. The summed E-state index contributed by atoms with van der Waals surface area (Å²) in [5, 5.41) is 0.464. The van der Waals surface area contributed by atoms with Crippen LogP contribution in [0.2, 0.25) is 5.02 Å². The number of benzene rings is 1. The second-order valence-electron chi connectivity index (χ2n) is 5.00. The van der Waals surface area contributed by atoms with E-state index in [0.29, 0.717) is 35.3 Å². The Kier molecular flexibility index (Phi) is 4.27. The van der Waals surface area contributed by atoms with E-state index in [1.54, 1.807) is 23.5 Å². The van der Waals surface area contributed by atoms with Gasteiger partial charge in [-0.25, -0.2) is 4.79 Å². The van der Waals surface area contributed by atoms with Crippen molar-refractivity contribution in [3.8, 4) is 11.5 Å². The molecule has 2 heterocycles. The maximum absolute atomic E-state index is 12.1. The van der Waals surface area contributed by atoms with E-state index < -0.39 is 0 Å². The molecule has 0 bridgehead atoms. The first kappa shape index (κ1) is 15.2. The highest BCUT2D eigenvalue weighted by atomic mass is 35.5. The van der Waals surface area contributed by atoms with E-state index in [0.717, 1.165) is 15.3 Å². The molecule has 1 aliphatic rings. The minimum atomic E-state index is -0.326. The third-order valence-electron chi connectivity index (χ3n) is 3.29. The van der Waals surface area contributed by atoms with Crippen molar-refractivity contribution in [3.63, 3.8) is 0 Å². The van der Waals surface area contributed by atoms with Crippen molar-refractivity contribution in [2.45, 2.75) is 20.5 Å². The highest BCUT2D eigenvalue weighted by molar-refractivity contribution is 7.12. The van der Waals surface area contributed by atoms with Crippen LogP contribution in [0.15, 0.2) is 18.2 Å². The summed E-state index contributed by atoms with van der Waals surface area (Å²) in [6.45, 7) is 4.99. The molecular weight excluding hydrogens is 324 g/mol. The fourth-order valence-corrected chi connectivity index (χ4v) is 3.51. The van der Waals surface area contributed by atoms with Gasteiger partial charge in [0.25, 0.3) is 0 Å².